The molecule has 2 heterocycles. The van der Waals surface area contributed by atoms with Gasteiger partial charge in [-0.2, -0.15) is 0 Å². The molecule has 1 saturated carbocycles. The molecule has 1 fully saturated rings. The fourth-order valence-electron chi connectivity index (χ4n) is 4.62. The first-order valence-corrected chi connectivity index (χ1v) is 10.1. The molecule has 0 spiro atoms. The summed E-state index contributed by atoms with van der Waals surface area (Å²) in [4.78, 5) is 13.2. The van der Waals surface area contributed by atoms with E-state index in [1.807, 2.05) is 42.7 Å². The molecule has 1 aliphatic carbocycles. The molecule has 2 aliphatic rings. The van der Waals surface area contributed by atoms with E-state index in [4.69, 9.17) is 28.6 Å². The van der Waals surface area contributed by atoms with Crippen molar-refractivity contribution in [3.8, 4) is 5.88 Å². The molecule has 1 aliphatic heterocycles. The number of hydrogen-bond acceptors (Lipinski definition) is 3. The molecule has 26 heavy (non-hydrogen) atoms. The average molecular weight is 391 g/mol. The summed E-state index contributed by atoms with van der Waals surface area (Å²) in [5.74, 6) is 0.736. The van der Waals surface area contributed by atoms with Crippen molar-refractivity contribution in [1.82, 2.24) is 9.13 Å². The zero-order valence-corrected chi connectivity index (χ0v) is 16.7. The Balaban J connectivity index is 1.99. The van der Waals surface area contributed by atoms with Gasteiger partial charge in [-0.3, -0.25) is 13.9 Å². The number of aromatic nitrogens is 2. The molecule has 1 aromatic heterocycles. The monoisotopic (exact) mass is 390 g/mol. The highest BCUT2D eigenvalue weighted by molar-refractivity contribution is 7.71. The van der Waals surface area contributed by atoms with E-state index in [0.29, 0.717) is 28.8 Å². The van der Waals surface area contributed by atoms with Gasteiger partial charge in [0.15, 0.2) is 4.77 Å². The maximum absolute atomic E-state index is 13.2. The summed E-state index contributed by atoms with van der Waals surface area (Å²) in [6.07, 6.45) is 4.04. The largest absolute Gasteiger partial charge is 0.466 e. The van der Waals surface area contributed by atoms with Crippen molar-refractivity contribution >= 4 is 23.8 Å². The second-order valence-corrected chi connectivity index (χ2v) is 7.89. The summed E-state index contributed by atoms with van der Waals surface area (Å²) < 4.78 is 10.9. The van der Waals surface area contributed by atoms with Crippen LogP contribution in [0.25, 0.3) is 0 Å². The molecule has 0 saturated heterocycles. The van der Waals surface area contributed by atoms with Crippen LogP contribution in [0.2, 0.25) is 5.02 Å². The van der Waals surface area contributed by atoms with E-state index in [0.717, 1.165) is 36.8 Å². The fourth-order valence-corrected chi connectivity index (χ4v) is 5.17. The van der Waals surface area contributed by atoms with E-state index in [2.05, 4.69) is 0 Å². The lowest BCUT2D eigenvalue weighted by molar-refractivity contribution is 0.0256. The van der Waals surface area contributed by atoms with Gasteiger partial charge in [0.25, 0.3) is 5.56 Å². The zero-order valence-electron chi connectivity index (χ0n) is 15.1. The molecule has 0 amide bonds. The number of ether oxygens (including phenoxy) is 1. The molecule has 2 aromatic rings. The molecule has 0 radical (unpaired) electrons. The number of fused-ring (bicyclic) bond motifs is 3. The smallest absolute Gasteiger partial charge is 0.261 e. The van der Waals surface area contributed by atoms with E-state index in [-0.39, 0.29) is 11.5 Å². The molecule has 6 heteroatoms. The minimum absolute atomic E-state index is 0.0138. The van der Waals surface area contributed by atoms with Gasteiger partial charge in [0.2, 0.25) is 5.88 Å². The maximum atomic E-state index is 13.2. The van der Waals surface area contributed by atoms with Crippen LogP contribution in [0.4, 0.5) is 0 Å². The van der Waals surface area contributed by atoms with Gasteiger partial charge in [-0.15, -0.1) is 0 Å². The summed E-state index contributed by atoms with van der Waals surface area (Å²) in [6, 6.07) is 7.88. The summed E-state index contributed by atoms with van der Waals surface area (Å²) in [6.45, 7) is 5.27. The first-order chi connectivity index (χ1) is 12.5. The molecule has 0 N–H and O–H groups in total. The van der Waals surface area contributed by atoms with Crippen molar-refractivity contribution in [3.63, 3.8) is 0 Å². The Morgan fingerprint density at radius 2 is 1.88 bits per heavy atom. The average Bonchev–Trinajstić information content (AvgIpc) is 2.99. The molecular formula is C20H23ClN2O2S. The fraction of sp³-hybridized carbons (Fsp3) is 0.500. The highest BCUT2D eigenvalue weighted by Gasteiger charge is 2.53. The van der Waals surface area contributed by atoms with Crippen LogP contribution in [0.15, 0.2) is 29.1 Å². The van der Waals surface area contributed by atoms with E-state index in [1.165, 1.54) is 0 Å². The Bertz CT molecular complexity index is 964. The Morgan fingerprint density at radius 3 is 2.54 bits per heavy atom. The minimum atomic E-state index is -0.490. The third-order valence-electron chi connectivity index (χ3n) is 5.86. The molecule has 0 unspecified atom stereocenters. The van der Waals surface area contributed by atoms with Gasteiger partial charge in [0, 0.05) is 24.0 Å². The van der Waals surface area contributed by atoms with Crippen LogP contribution in [-0.4, -0.2) is 9.13 Å². The van der Waals surface area contributed by atoms with Gasteiger partial charge in [-0.25, -0.2) is 0 Å². The van der Waals surface area contributed by atoms with Crippen molar-refractivity contribution in [3.05, 3.63) is 55.5 Å². The van der Waals surface area contributed by atoms with Crippen LogP contribution in [0.1, 0.15) is 56.6 Å². The second-order valence-electron chi connectivity index (χ2n) is 7.09. The predicted octanol–water partition coefficient (Wildman–Crippen LogP) is 5.02. The Kier molecular flexibility index (Phi) is 4.48. The molecule has 4 rings (SSSR count). The van der Waals surface area contributed by atoms with Crippen LogP contribution in [0, 0.1) is 4.77 Å². The van der Waals surface area contributed by atoms with E-state index < -0.39 is 5.60 Å². The SMILES string of the molecule is CCn1c2c(c(=O)n(CC)c1=S)[C@@H]1CCCC[C@]1(c1ccc(Cl)cc1)O2. The van der Waals surface area contributed by atoms with E-state index >= 15 is 0 Å². The normalized spacial score (nSPS) is 24.0. The Labute approximate surface area is 163 Å². The quantitative estimate of drug-likeness (QED) is 0.690. The van der Waals surface area contributed by atoms with Gasteiger partial charge < -0.3 is 4.74 Å². The van der Waals surface area contributed by atoms with Crippen LogP contribution >= 0.6 is 23.8 Å². The lowest BCUT2D eigenvalue weighted by Gasteiger charge is -2.38. The van der Waals surface area contributed by atoms with Crippen LogP contribution in [-0.2, 0) is 18.7 Å². The third kappa shape index (κ3) is 2.40. The number of nitrogens with zero attached hydrogens (tertiary/aromatic N) is 2. The first-order valence-electron chi connectivity index (χ1n) is 9.36. The van der Waals surface area contributed by atoms with Crippen LogP contribution < -0.4 is 10.3 Å². The van der Waals surface area contributed by atoms with Crippen molar-refractivity contribution in [2.45, 2.75) is 64.1 Å². The second kappa shape index (κ2) is 6.54. The number of rotatable bonds is 3. The maximum Gasteiger partial charge on any atom is 0.261 e. The first kappa shape index (κ1) is 17.8. The molecule has 0 bridgehead atoms. The van der Waals surface area contributed by atoms with Crippen molar-refractivity contribution in [2.75, 3.05) is 0 Å². The number of halogens is 1. The summed E-state index contributed by atoms with van der Waals surface area (Å²) in [5, 5.41) is 0.706. The van der Waals surface area contributed by atoms with Crippen molar-refractivity contribution in [2.24, 2.45) is 0 Å². The van der Waals surface area contributed by atoms with E-state index in [1.54, 1.807) is 4.57 Å². The Morgan fingerprint density at radius 1 is 1.19 bits per heavy atom. The number of hydrogen-bond donors (Lipinski definition) is 0. The number of benzene rings is 1. The van der Waals surface area contributed by atoms with Gasteiger partial charge in [-0.05, 0) is 63.0 Å². The van der Waals surface area contributed by atoms with E-state index in [9.17, 15) is 4.79 Å². The van der Waals surface area contributed by atoms with Crippen molar-refractivity contribution in [1.29, 1.82) is 0 Å². The minimum Gasteiger partial charge on any atom is -0.466 e. The highest BCUT2D eigenvalue weighted by atomic mass is 35.5. The lowest BCUT2D eigenvalue weighted by atomic mass is 9.70. The summed E-state index contributed by atoms with van der Waals surface area (Å²) in [7, 11) is 0. The lowest BCUT2D eigenvalue weighted by Crippen LogP contribution is -2.39. The highest BCUT2D eigenvalue weighted by Crippen LogP contribution is 2.56. The molecule has 1 aromatic carbocycles. The third-order valence-corrected chi connectivity index (χ3v) is 6.55. The molecule has 138 valence electrons. The van der Waals surface area contributed by atoms with Gasteiger partial charge >= 0.3 is 0 Å². The standard InChI is InChI=1S/C20H23ClN2O2S/c1-3-22-17(24)16-15-7-5-6-12-20(15,13-8-10-14(21)11-9-13)25-18(16)23(4-2)19(22)26/h8-11,15H,3-7,12H2,1-2H3/t15-,20+/m0/s1. The molecule has 4 nitrogen and oxygen atoms in total. The van der Waals surface area contributed by atoms with Crippen molar-refractivity contribution < 1.29 is 4.74 Å². The Hall–Kier alpha value is -1.59. The molecular weight excluding hydrogens is 368 g/mol. The van der Waals surface area contributed by atoms with Crippen LogP contribution in [0.5, 0.6) is 5.88 Å². The zero-order chi connectivity index (χ0) is 18.5. The van der Waals surface area contributed by atoms with Gasteiger partial charge in [0.1, 0.15) is 5.60 Å². The molecule has 2 atom stereocenters. The van der Waals surface area contributed by atoms with Crippen LogP contribution in [0.3, 0.4) is 0 Å². The summed E-state index contributed by atoms with van der Waals surface area (Å²) >= 11 is 11.7. The predicted molar refractivity (Wildman–Crippen MR) is 106 cm³/mol. The van der Waals surface area contributed by atoms with Gasteiger partial charge in [-0.1, -0.05) is 30.2 Å². The topological polar surface area (TPSA) is 36.2 Å². The summed E-state index contributed by atoms with van der Waals surface area (Å²) in [5.41, 5.74) is 1.42. The van der Waals surface area contributed by atoms with Gasteiger partial charge in [0.05, 0.1) is 5.56 Å².